The summed E-state index contributed by atoms with van der Waals surface area (Å²) < 4.78 is 0. The molecule has 1 fully saturated rings. The van der Waals surface area contributed by atoms with Crippen molar-refractivity contribution in [1.29, 1.82) is 0 Å². The Kier molecular flexibility index (Phi) is 2.29. The summed E-state index contributed by atoms with van der Waals surface area (Å²) in [6, 6.07) is 4.04. The zero-order valence-corrected chi connectivity index (χ0v) is 9.48. The number of rotatable bonds is 1. The third-order valence-corrected chi connectivity index (χ3v) is 3.26. The van der Waals surface area contributed by atoms with Crippen molar-refractivity contribution in [2.75, 3.05) is 38.1 Å². The fourth-order valence-electron chi connectivity index (χ4n) is 2.23. The molecule has 0 aliphatic carbocycles. The van der Waals surface area contributed by atoms with Gasteiger partial charge in [-0.1, -0.05) is 0 Å². The average Bonchev–Trinajstić information content (AvgIpc) is 2.74. The number of likely N-dealkylation sites (N-methyl/N-ethyl adjacent to an activating group) is 1. The monoisotopic (exact) mass is 216 g/mol. The van der Waals surface area contributed by atoms with Gasteiger partial charge in [-0.3, -0.25) is 4.98 Å². The molecular formula is C12H16N4. The molecule has 1 aliphatic heterocycles. The van der Waals surface area contributed by atoms with Gasteiger partial charge in [0.2, 0.25) is 0 Å². The second-order valence-electron chi connectivity index (χ2n) is 4.36. The van der Waals surface area contributed by atoms with Crippen molar-refractivity contribution in [3.8, 4) is 0 Å². The van der Waals surface area contributed by atoms with Crippen molar-refractivity contribution in [1.82, 2.24) is 14.9 Å². The van der Waals surface area contributed by atoms with Gasteiger partial charge in [-0.25, -0.2) is 0 Å². The Morgan fingerprint density at radius 3 is 2.88 bits per heavy atom. The van der Waals surface area contributed by atoms with Crippen LogP contribution in [0, 0.1) is 0 Å². The maximum absolute atomic E-state index is 4.45. The molecule has 0 unspecified atom stereocenters. The molecule has 3 rings (SSSR count). The van der Waals surface area contributed by atoms with Crippen LogP contribution in [0.15, 0.2) is 24.5 Å². The van der Waals surface area contributed by atoms with Gasteiger partial charge in [-0.15, -0.1) is 0 Å². The first-order chi connectivity index (χ1) is 7.84. The van der Waals surface area contributed by atoms with Crippen molar-refractivity contribution >= 4 is 16.7 Å². The lowest BCUT2D eigenvalue weighted by Crippen LogP contribution is -2.44. The Hall–Kier alpha value is -1.55. The molecule has 0 aromatic carbocycles. The van der Waals surface area contributed by atoms with Gasteiger partial charge < -0.3 is 14.8 Å². The fraction of sp³-hybridized carbons (Fsp3) is 0.417. The van der Waals surface area contributed by atoms with Gasteiger partial charge in [-0.05, 0) is 19.2 Å². The molecule has 0 bridgehead atoms. The first-order valence-corrected chi connectivity index (χ1v) is 5.70. The van der Waals surface area contributed by atoms with Gasteiger partial charge in [0.15, 0.2) is 0 Å². The summed E-state index contributed by atoms with van der Waals surface area (Å²) in [5.41, 5.74) is 3.45. The Balaban J connectivity index is 1.94. The molecule has 0 radical (unpaired) electrons. The van der Waals surface area contributed by atoms with E-state index in [1.165, 1.54) is 5.69 Å². The zero-order valence-electron chi connectivity index (χ0n) is 9.48. The lowest BCUT2D eigenvalue weighted by molar-refractivity contribution is 0.313. The summed E-state index contributed by atoms with van der Waals surface area (Å²) in [5.74, 6) is 0. The van der Waals surface area contributed by atoms with E-state index in [2.05, 4.69) is 39.1 Å². The second-order valence-corrected chi connectivity index (χ2v) is 4.36. The number of H-pyrrole nitrogens is 1. The number of aromatic amines is 1. The van der Waals surface area contributed by atoms with Crippen LogP contribution in [0.1, 0.15) is 0 Å². The van der Waals surface area contributed by atoms with Gasteiger partial charge >= 0.3 is 0 Å². The van der Waals surface area contributed by atoms with Crippen molar-refractivity contribution in [2.24, 2.45) is 0 Å². The molecule has 1 saturated heterocycles. The number of aromatic nitrogens is 2. The first-order valence-electron chi connectivity index (χ1n) is 5.70. The Labute approximate surface area is 94.9 Å². The van der Waals surface area contributed by atoms with Gasteiger partial charge in [0, 0.05) is 38.6 Å². The van der Waals surface area contributed by atoms with Crippen LogP contribution in [0.5, 0.6) is 0 Å². The molecule has 2 aromatic rings. The molecular weight excluding hydrogens is 200 g/mol. The average molecular weight is 216 g/mol. The molecule has 0 atom stereocenters. The highest BCUT2D eigenvalue weighted by Crippen LogP contribution is 2.24. The van der Waals surface area contributed by atoms with Crippen LogP contribution >= 0.6 is 0 Å². The fourth-order valence-corrected chi connectivity index (χ4v) is 2.23. The molecule has 0 amide bonds. The molecule has 4 heteroatoms. The highest BCUT2D eigenvalue weighted by atomic mass is 15.3. The maximum Gasteiger partial charge on any atom is 0.111 e. The molecule has 0 spiro atoms. The predicted octanol–water partition coefficient (Wildman–Crippen LogP) is 1.31. The van der Waals surface area contributed by atoms with Crippen LogP contribution in [0.4, 0.5) is 5.69 Å². The Bertz CT molecular complexity index is 482. The summed E-state index contributed by atoms with van der Waals surface area (Å²) in [7, 11) is 2.17. The number of anilines is 1. The SMILES string of the molecule is CN1CCN(c2c[nH]c3cccnc23)CC1. The normalized spacial score (nSPS) is 18.2. The van der Waals surface area contributed by atoms with E-state index >= 15 is 0 Å². The molecule has 1 aliphatic rings. The minimum atomic E-state index is 1.08. The smallest absolute Gasteiger partial charge is 0.111 e. The molecule has 2 aromatic heterocycles. The van der Waals surface area contributed by atoms with Gasteiger partial charge in [0.05, 0.1) is 11.2 Å². The van der Waals surface area contributed by atoms with E-state index in [1.54, 1.807) is 0 Å². The van der Waals surface area contributed by atoms with E-state index < -0.39 is 0 Å². The van der Waals surface area contributed by atoms with E-state index in [4.69, 9.17) is 0 Å². The van der Waals surface area contributed by atoms with Crippen LogP contribution in [-0.4, -0.2) is 48.1 Å². The Morgan fingerprint density at radius 2 is 2.06 bits per heavy atom. The van der Waals surface area contributed by atoms with Crippen LogP contribution in [0.25, 0.3) is 11.0 Å². The summed E-state index contributed by atoms with van der Waals surface area (Å²) in [6.07, 6.45) is 3.93. The largest absolute Gasteiger partial charge is 0.366 e. The predicted molar refractivity (Wildman–Crippen MR) is 65.8 cm³/mol. The van der Waals surface area contributed by atoms with Crippen molar-refractivity contribution in [3.63, 3.8) is 0 Å². The number of nitrogens with zero attached hydrogens (tertiary/aromatic N) is 3. The van der Waals surface area contributed by atoms with Gasteiger partial charge in [0.25, 0.3) is 0 Å². The van der Waals surface area contributed by atoms with Gasteiger partial charge in [0.1, 0.15) is 5.52 Å². The number of hydrogen-bond acceptors (Lipinski definition) is 3. The number of fused-ring (bicyclic) bond motifs is 1. The summed E-state index contributed by atoms with van der Waals surface area (Å²) in [4.78, 5) is 12.5. The van der Waals surface area contributed by atoms with E-state index in [-0.39, 0.29) is 0 Å². The van der Waals surface area contributed by atoms with Gasteiger partial charge in [-0.2, -0.15) is 0 Å². The lowest BCUT2D eigenvalue weighted by Gasteiger charge is -2.33. The summed E-state index contributed by atoms with van der Waals surface area (Å²) >= 11 is 0. The number of piperazine rings is 1. The standard InChI is InChI=1S/C12H16N4/c1-15-5-7-16(8-6-15)11-9-14-10-3-2-4-13-12(10)11/h2-4,9,14H,5-8H2,1H3. The second kappa shape index (κ2) is 3.79. The molecule has 3 heterocycles. The van der Waals surface area contributed by atoms with E-state index in [0.717, 1.165) is 37.2 Å². The number of hydrogen-bond donors (Lipinski definition) is 1. The Morgan fingerprint density at radius 1 is 1.25 bits per heavy atom. The third-order valence-electron chi connectivity index (χ3n) is 3.26. The van der Waals surface area contributed by atoms with Crippen LogP contribution in [0.2, 0.25) is 0 Å². The minimum absolute atomic E-state index is 1.08. The van der Waals surface area contributed by atoms with Crippen molar-refractivity contribution in [3.05, 3.63) is 24.5 Å². The highest BCUT2D eigenvalue weighted by Gasteiger charge is 2.17. The number of pyridine rings is 1. The van der Waals surface area contributed by atoms with Crippen molar-refractivity contribution < 1.29 is 0 Å². The van der Waals surface area contributed by atoms with E-state index in [9.17, 15) is 0 Å². The lowest BCUT2D eigenvalue weighted by atomic mass is 10.3. The van der Waals surface area contributed by atoms with Crippen LogP contribution < -0.4 is 4.90 Å². The van der Waals surface area contributed by atoms with E-state index in [0.29, 0.717) is 0 Å². The molecule has 1 N–H and O–H groups in total. The van der Waals surface area contributed by atoms with Crippen molar-refractivity contribution in [2.45, 2.75) is 0 Å². The first kappa shape index (κ1) is 9.66. The number of nitrogens with one attached hydrogen (secondary N) is 1. The highest BCUT2D eigenvalue weighted by molar-refractivity contribution is 5.89. The zero-order chi connectivity index (χ0) is 11.0. The van der Waals surface area contributed by atoms with E-state index in [1.807, 2.05) is 12.3 Å². The third kappa shape index (κ3) is 1.55. The summed E-state index contributed by atoms with van der Waals surface area (Å²) in [5, 5.41) is 0. The quantitative estimate of drug-likeness (QED) is 0.780. The molecule has 4 nitrogen and oxygen atoms in total. The molecule has 16 heavy (non-hydrogen) atoms. The molecule has 84 valence electrons. The van der Waals surface area contributed by atoms with Crippen LogP contribution in [0.3, 0.4) is 0 Å². The minimum Gasteiger partial charge on any atom is -0.366 e. The topological polar surface area (TPSA) is 35.2 Å². The maximum atomic E-state index is 4.45. The summed E-state index contributed by atoms with van der Waals surface area (Å²) in [6.45, 7) is 4.42. The molecule has 0 saturated carbocycles. The van der Waals surface area contributed by atoms with Crippen LogP contribution in [-0.2, 0) is 0 Å².